The van der Waals surface area contributed by atoms with Crippen LogP contribution in [0.2, 0.25) is 0 Å². The van der Waals surface area contributed by atoms with Crippen LogP contribution in [-0.2, 0) is 13.5 Å². The molecule has 1 aromatic rings. The fraction of sp³-hybridized carbons (Fsp3) is 0.800. The van der Waals surface area contributed by atoms with E-state index in [1.54, 1.807) is 0 Å². The van der Waals surface area contributed by atoms with Gasteiger partial charge in [0.2, 0.25) is 0 Å². The Labute approximate surface area is 117 Å². The molecule has 1 N–H and O–H groups in total. The molecule has 4 nitrogen and oxygen atoms in total. The summed E-state index contributed by atoms with van der Waals surface area (Å²) in [5, 5.41) is 7.83. The highest BCUT2D eigenvalue weighted by atomic mass is 15.3. The van der Waals surface area contributed by atoms with Crippen LogP contribution in [0, 0.1) is 0 Å². The van der Waals surface area contributed by atoms with E-state index in [-0.39, 0.29) is 0 Å². The van der Waals surface area contributed by atoms with E-state index in [1.807, 2.05) is 17.9 Å². The van der Waals surface area contributed by atoms with E-state index in [2.05, 4.69) is 42.5 Å². The summed E-state index contributed by atoms with van der Waals surface area (Å²) in [5.74, 6) is 0. The zero-order valence-corrected chi connectivity index (χ0v) is 12.8. The van der Waals surface area contributed by atoms with Crippen molar-refractivity contribution >= 4 is 0 Å². The minimum Gasteiger partial charge on any atom is -0.315 e. The molecule has 108 valence electrons. The molecule has 0 aliphatic heterocycles. The van der Waals surface area contributed by atoms with E-state index in [4.69, 9.17) is 0 Å². The Morgan fingerprint density at radius 2 is 2.11 bits per heavy atom. The smallest absolute Gasteiger partial charge is 0.0492 e. The molecule has 2 rings (SSSR count). The molecule has 1 aliphatic rings. The Kier molecular flexibility index (Phi) is 4.63. The summed E-state index contributed by atoms with van der Waals surface area (Å²) in [5.41, 5.74) is 1.67. The van der Waals surface area contributed by atoms with Crippen molar-refractivity contribution < 1.29 is 0 Å². The lowest BCUT2D eigenvalue weighted by atomic mass is 9.84. The van der Waals surface area contributed by atoms with Gasteiger partial charge in [0.15, 0.2) is 0 Å². The summed E-state index contributed by atoms with van der Waals surface area (Å²) < 4.78 is 1.99. The molecular formula is C15H28N4. The van der Waals surface area contributed by atoms with E-state index in [9.17, 15) is 0 Å². The molecular weight excluding hydrogens is 236 g/mol. The predicted molar refractivity (Wildman–Crippen MR) is 79.3 cm³/mol. The van der Waals surface area contributed by atoms with Crippen molar-refractivity contribution in [3.63, 3.8) is 0 Å². The van der Waals surface area contributed by atoms with Gasteiger partial charge in [0.05, 0.1) is 0 Å². The van der Waals surface area contributed by atoms with Gasteiger partial charge in [0.1, 0.15) is 0 Å². The lowest BCUT2D eigenvalue weighted by molar-refractivity contribution is 0.104. The largest absolute Gasteiger partial charge is 0.315 e. The number of rotatable bonds is 6. The second kappa shape index (κ2) is 6.06. The highest BCUT2D eigenvalue weighted by Crippen LogP contribution is 2.38. The van der Waals surface area contributed by atoms with Crippen LogP contribution in [0.1, 0.15) is 37.8 Å². The lowest BCUT2D eigenvalue weighted by Crippen LogP contribution is -2.56. The Morgan fingerprint density at radius 1 is 1.42 bits per heavy atom. The number of hydrogen-bond acceptors (Lipinski definition) is 3. The van der Waals surface area contributed by atoms with Crippen molar-refractivity contribution in [1.82, 2.24) is 20.0 Å². The van der Waals surface area contributed by atoms with Gasteiger partial charge in [-0.2, -0.15) is 5.10 Å². The van der Waals surface area contributed by atoms with Crippen molar-refractivity contribution in [3.8, 4) is 0 Å². The number of nitrogens with one attached hydrogen (secondary N) is 1. The lowest BCUT2D eigenvalue weighted by Gasteiger charge is -2.43. The zero-order chi connectivity index (χ0) is 13.9. The van der Waals surface area contributed by atoms with E-state index in [0.717, 1.165) is 6.42 Å². The second-order valence-corrected chi connectivity index (χ2v) is 6.03. The molecule has 1 saturated carbocycles. The van der Waals surface area contributed by atoms with E-state index in [1.165, 1.54) is 37.8 Å². The summed E-state index contributed by atoms with van der Waals surface area (Å²) in [7, 11) is 8.61. The van der Waals surface area contributed by atoms with Crippen LogP contribution >= 0.6 is 0 Å². The molecule has 0 radical (unpaired) electrons. The second-order valence-electron chi connectivity index (χ2n) is 6.03. The van der Waals surface area contributed by atoms with Crippen LogP contribution in [0.3, 0.4) is 0 Å². The van der Waals surface area contributed by atoms with Gasteiger partial charge in [0, 0.05) is 30.5 Å². The first kappa shape index (κ1) is 14.5. The van der Waals surface area contributed by atoms with Crippen molar-refractivity contribution in [1.29, 1.82) is 0 Å². The maximum Gasteiger partial charge on any atom is 0.0492 e. The molecule has 1 aliphatic carbocycles. The van der Waals surface area contributed by atoms with Gasteiger partial charge in [-0.3, -0.25) is 4.68 Å². The monoisotopic (exact) mass is 264 g/mol. The third-order valence-electron chi connectivity index (χ3n) is 4.97. The first-order valence-electron chi connectivity index (χ1n) is 7.42. The summed E-state index contributed by atoms with van der Waals surface area (Å²) in [6, 6.07) is 2.68. The fourth-order valence-corrected chi connectivity index (χ4v) is 3.72. The molecule has 1 fully saturated rings. The molecule has 19 heavy (non-hydrogen) atoms. The normalized spacial score (nSPS) is 20.1. The minimum atomic E-state index is 0.341. The van der Waals surface area contributed by atoms with Crippen LogP contribution in [0.15, 0.2) is 12.3 Å². The molecule has 1 unspecified atom stereocenters. The molecule has 1 heterocycles. The number of aromatic nitrogens is 2. The molecule has 0 saturated heterocycles. The summed E-state index contributed by atoms with van der Waals surface area (Å²) in [6.07, 6.45) is 9.52. The third kappa shape index (κ3) is 2.84. The highest BCUT2D eigenvalue weighted by Gasteiger charge is 2.42. The topological polar surface area (TPSA) is 33.1 Å². The average Bonchev–Trinajstić information content (AvgIpc) is 3.01. The van der Waals surface area contributed by atoms with Crippen molar-refractivity contribution in [2.24, 2.45) is 7.05 Å². The van der Waals surface area contributed by atoms with Gasteiger partial charge in [-0.1, -0.05) is 12.8 Å². The number of aryl methyl sites for hydroxylation is 2. The van der Waals surface area contributed by atoms with Crippen LogP contribution in [0.4, 0.5) is 0 Å². The maximum absolute atomic E-state index is 4.26. The molecule has 0 spiro atoms. The molecule has 4 heteroatoms. The van der Waals surface area contributed by atoms with Crippen LogP contribution in [-0.4, -0.2) is 47.4 Å². The first-order valence-corrected chi connectivity index (χ1v) is 7.42. The minimum absolute atomic E-state index is 0.341. The van der Waals surface area contributed by atoms with Crippen molar-refractivity contribution in [2.75, 3.05) is 21.1 Å². The van der Waals surface area contributed by atoms with Crippen LogP contribution in [0.5, 0.6) is 0 Å². The van der Waals surface area contributed by atoms with Crippen molar-refractivity contribution in [2.45, 2.75) is 50.1 Å². The van der Waals surface area contributed by atoms with Crippen LogP contribution in [0.25, 0.3) is 0 Å². The fourth-order valence-electron chi connectivity index (χ4n) is 3.72. The standard InChI is InChI=1S/C15H28N4/c1-16-14(8-7-13-9-12-17-19(13)4)15(18(2)3)10-5-6-11-15/h9,12,14,16H,5-8,10-11H2,1-4H3. The summed E-state index contributed by atoms with van der Waals surface area (Å²) in [6.45, 7) is 0. The van der Waals surface area contributed by atoms with Crippen molar-refractivity contribution in [3.05, 3.63) is 18.0 Å². The van der Waals surface area contributed by atoms with Gasteiger partial charge in [-0.05, 0) is 52.9 Å². The summed E-state index contributed by atoms with van der Waals surface area (Å²) in [4.78, 5) is 2.45. The quantitative estimate of drug-likeness (QED) is 0.851. The Hall–Kier alpha value is -0.870. The predicted octanol–water partition coefficient (Wildman–Crippen LogP) is 1.82. The number of nitrogens with zero attached hydrogens (tertiary/aromatic N) is 3. The first-order chi connectivity index (χ1) is 9.10. The van der Waals surface area contributed by atoms with Gasteiger partial charge < -0.3 is 10.2 Å². The Morgan fingerprint density at radius 3 is 2.58 bits per heavy atom. The average molecular weight is 264 g/mol. The number of hydrogen-bond donors (Lipinski definition) is 1. The third-order valence-corrected chi connectivity index (χ3v) is 4.97. The number of likely N-dealkylation sites (N-methyl/N-ethyl adjacent to an activating group) is 2. The zero-order valence-electron chi connectivity index (χ0n) is 12.8. The summed E-state index contributed by atoms with van der Waals surface area (Å²) >= 11 is 0. The van der Waals surface area contributed by atoms with Gasteiger partial charge in [-0.15, -0.1) is 0 Å². The maximum atomic E-state index is 4.26. The molecule has 0 amide bonds. The highest BCUT2D eigenvalue weighted by molar-refractivity contribution is 5.05. The molecule has 1 atom stereocenters. The van der Waals surface area contributed by atoms with Gasteiger partial charge in [-0.25, -0.2) is 0 Å². The van der Waals surface area contributed by atoms with Gasteiger partial charge >= 0.3 is 0 Å². The Bertz CT molecular complexity index is 391. The van der Waals surface area contributed by atoms with Gasteiger partial charge in [0.25, 0.3) is 0 Å². The molecule has 0 bridgehead atoms. The van der Waals surface area contributed by atoms with Crippen LogP contribution < -0.4 is 5.32 Å². The molecule has 1 aromatic heterocycles. The SMILES string of the molecule is CNC(CCc1ccnn1C)C1(N(C)C)CCCC1. The van der Waals surface area contributed by atoms with E-state index in [0.29, 0.717) is 11.6 Å². The molecule has 0 aromatic carbocycles. The van der Waals surface area contributed by atoms with E-state index < -0.39 is 0 Å². The Balaban J connectivity index is 2.04. The van der Waals surface area contributed by atoms with E-state index >= 15 is 0 Å².